The van der Waals surface area contributed by atoms with Gasteiger partial charge in [-0.05, 0) is 77.6 Å². The quantitative estimate of drug-likeness (QED) is 0.167. The number of ether oxygens (including phenoxy) is 2. The van der Waals surface area contributed by atoms with Gasteiger partial charge in [0.25, 0.3) is 0 Å². The van der Waals surface area contributed by atoms with Crippen LogP contribution >= 0.6 is 34.5 Å². The second kappa shape index (κ2) is 12.5. The van der Waals surface area contributed by atoms with Gasteiger partial charge in [-0.3, -0.25) is 4.79 Å². The Hall–Kier alpha value is -3.29. The third-order valence-electron chi connectivity index (χ3n) is 8.12. The van der Waals surface area contributed by atoms with Crippen LogP contribution < -0.4 is 4.74 Å². The van der Waals surface area contributed by atoms with Crippen LogP contribution in [-0.4, -0.2) is 57.9 Å². The summed E-state index contributed by atoms with van der Waals surface area (Å²) in [5.41, 5.74) is 4.65. The zero-order chi connectivity index (χ0) is 32.0. The molecular weight excluding hydrogens is 657 g/mol. The fourth-order valence-electron chi connectivity index (χ4n) is 5.88. The first-order valence-corrected chi connectivity index (χ1v) is 17.6. The number of carbonyl (C=O) groups is 1. The number of nitrogens with zero attached hydrogens (tertiary/aromatic N) is 5. The van der Waals surface area contributed by atoms with E-state index in [-0.39, 0.29) is 47.9 Å². The lowest BCUT2D eigenvalue weighted by atomic mass is 9.84. The van der Waals surface area contributed by atoms with Gasteiger partial charge in [0.15, 0.2) is 0 Å². The fourth-order valence-corrected chi connectivity index (χ4v) is 8.86. The number of halogens is 2. The fraction of sp³-hybridized carbons (Fsp3) is 0.355. The van der Waals surface area contributed by atoms with E-state index in [0.717, 1.165) is 32.3 Å². The molecule has 45 heavy (non-hydrogen) atoms. The van der Waals surface area contributed by atoms with Crippen molar-refractivity contribution < 1.29 is 22.7 Å². The molecule has 1 unspecified atom stereocenters. The molecule has 1 aliphatic heterocycles. The number of benzene rings is 2. The van der Waals surface area contributed by atoms with Gasteiger partial charge in [-0.25, -0.2) is 18.1 Å². The molecule has 14 heteroatoms. The molecule has 10 nitrogen and oxygen atoms in total. The maximum Gasteiger partial charge on any atom is 0.306 e. The summed E-state index contributed by atoms with van der Waals surface area (Å²) < 4.78 is 43.5. The molecule has 0 spiro atoms. The molecule has 0 amide bonds. The van der Waals surface area contributed by atoms with Gasteiger partial charge in [-0.15, -0.1) is 16.4 Å². The molecule has 3 aromatic heterocycles. The van der Waals surface area contributed by atoms with Crippen LogP contribution in [-0.2, 0) is 33.1 Å². The Morgan fingerprint density at radius 3 is 2.78 bits per heavy atom. The van der Waals surface area contributed by atoms with Crippen molar-refractivity contribution in [2.45, 2.75) is 57.1 Å². The van der Waals surface area contributed by atoms with Crippen molar-refractivity contribution in [1.29, 1.82) is 0 Å². The first-order chi connectivity index (χ1) is 21.5. The summed E-state index contributed by atoms with van der Waals surface area (Å²) in [6.45, 7) is 6.11. The van der Waals surface area contributed by atoms with Crippen molar-refractivity contribution in [2.75, 3.05) is 13.2 Å². The minimum absolute atomic E-state index is 0.0463. The van der Waals surface area contributed by atoms with E-state index < -0.39 is 22.0 Å². The third-order valence-corrected chi connectivity index (χ3v) is 11.4. The smallest absolute Gasteiger partial charge is 0.306 e. The van der Waals surface area contributed by atoms with Crippen molar-refractivity contribution in [3.05, 3.63) is 74.2 Å². The average molecular weight is 689 g/mol. The number of hydrogen-bond acceptors (Lipinski definition) is 9. The molecule has 6 rings (SSSR count). The zero-order valence-corrected chi connectivity index (χ0v) is 28.2. The first-order valence-electron chi connectivity index (χ1n) is 14.5. The summed E-state index contributed by atoms with van der Waals surface area (Å²) in [4.78, 5) is 17.1. The molecule has 0 aliphatic carbocycles. The van der Waals surface area contributed by atoms with E-state index in [1.165, 1.54) is 27.9 Å². The molecule has 236 valence electrons. The maximum absolute atomic E-state index is 14.0. The Morgan fingerprint density at radius 2 is 2.02 bits per heavy atom. The van der Waals surface area contributed by atoms with Crippen LogP contribution in [0.25, 0.3) is 21.1 Å². The molecule has 0 N–H and O–H groups in total. The van der Waals surface area contributed by atoms with Gasteiger partial charge in [0.05, 0.1) is 29.6 Å². The molecule has 4 heterocycles. The van der Waals surface area contributed by atoms with Crippen LogP contribution in [0.4, 0.5) is 0 Å². The van der Waals surface area contributed by atoms with Crippen molar-refractivity contribution in [3.63, 3.8) is 0 Å². The summed E-state index contributed by atoms with van der Waals surface area (Å²) in [5, 5.41) is 12.1. The molecule has 0 bridgehead atoms. The number of pyridine rings is 1. The molecule has 0 saturated heterocycles. The van der Waals surface area contributed by atoms with Crippen LogP contribution in [0.2, 0.25) is 10.0 Å². The molecule has 0 fully saturated rings. The number of fused-ring (bicyclic) bond motifs is 3. The van der Waals surface area contributed by atoms with Crippen LogP contribution in [0.3, 0.4) is 0 Å². The minimum Gasteiger partial charge on any atom is -0.472 e. The van der Waals surface area contributed by atoms with Crippen molar-refractivity contribution >= 4 is 71.7 Å². The SMILES string of the molecule is CCOC(=O)CC(c1cc(CN2C[C@@H](CC)Oc3ncc(Cl)cc3S2(=O)=O)c2sccc2c1)c1cc(Cl)c2c(nnn2C)c1C. The van der Waals surface area contributed by atoms with Crippen LogP contribution in [0.1, 0.15) is 54.9 Å². The number of hydrogen-bond donors (Lipinski definition) is 0. The maximum atomic E-state index is 14.0. The predicted molar refractivity (Wildman–Crippen MR) is 175 cm³/mol. The summed E-state index contributed by atoms with van der Waals surface area (Å²) in [6, 6.07) is 9.26. The number of rotatable bonds is 8. The predicted octanol–water partition coefficient (Wildman–Crippen LogP) is 6.64. The second-order valence-corrected chi connectivity index (χ2v) is 14.6. The number of esters is 1. The Bertz CT molecular complexity index is 2050. The number of carbonyl (C=O) groups excluding carboxylic acids is 1. The summed E-state index contributed by atoms with van der Waals surface area (Å²) in [7, 11) is -2.25. The molecule has 2 aromatic carbocycles. The van der Waals surface area contributed by atoms with Gasteiger partial charge < -0.3 is 9.47 Å². The van der Waals surface area contributed by atoms with Crippen LogP contribution in [0.15, 0.2) is 46.8 Å². The third kappa shape index (κ3) is 5.90. The van der Waals surface area contributed by atoms with Crippen molar-refractivity contribution in [3.8, 4) is 5.88 Å². The van der Waals surface area contributed by atoms with Gasteiger partial charge >= 0.3 is 5.97 Å². The van der Waals surface area contributed by atoms with E-state index in [1.807, 2.05) is 43.5 Å². The highest BCUT2D eigenvalue weighted by Crippen LogP contribution is 2.40. The summed E-state index contributed by atoms with van der Waals surface area (Å²) in [5.74, 6) is -0.763. The minimum atomic E-state index is -4.02. The Balaban J connectivity index is 1.49. The topological polar surface area (TPSA) is 117 Å². The standard InChI is InChI=1S/C31H31Cl2N5O5S2/c1-5-22-16-38(45(40,41)26-11-21(32)14-34-31(26)43-22)15-20-10-19(9-18-7-8-44-30(18)20)24(13-27(39)42-6-2)23-12-25(33)29-28(17(23)3)35-36-37(29)4/h7-12,14,22,24H,5-6,13,15-16H2,1-4H3/t22-,24?/m1/s1. The normalized spacial score (nSPS) is 17.2. The highest BCUT2D eigenvalue weighted by molar-refractivity contribution is 7.89. The van der Waals surface area contributed by atoms with E-state index in [9.17, 15) is 13.2 Å². The van der Waals surface area contributed by atoms with E-state index in [0.29, 0.717) is 22.5 Å². The van der Waals surface area contributed by atoms with E-state index in [2.05, 4.69) is 15.3 Å². The van der Waals surface area contributed by atoms with E-state index >= 15 is 0 Å². The van der Waals surface area contributed by atoms with Crippen LogP contribution in [0.5, 0.6) is 5.88 Å². The van der Waals surface area contributed by atoms with Crippen molar-refractivity contribution in [1.82, 2.24) is 24.3 Å². The van der Waals surface area contributed by atoms with Gasteiger partial charge in [0.1, 0.15) is 22.0 Å². The van der Waals surface area contributed by atoms with Gasteiger partial charge in [0.2, 0.25) is 15.9 Å². The molecular formula is C31H31Cl2N5O5S2. The lowest BCUT2D eigenvalue weighted by Crippen LogP contribution is -2.36. The molecule has 0 radical (unpaired) electrons. The summed E-state index contributed by atoms with van der Waals surface area (Å²) >= 11 is 14.5. The van der Waals surface area contributed by atoms with Crippen molar-refractivity contribution in [2.24, 2.45) is 7.05 Å². The number of thiophene rings is 1. The molecule has 1 aliphatic rings. The number of aryl methyl sites for hydroxylation is 2. The second-order valence-electron chi connectivity index (χ2n) is 11.0. The van der Waals surface area contributed by atoms with Gasteiger partial charge in [-0.2, -0.15) is 4.31 Å². The largest absolute Gasteiger partial charge is 0.472 e. The number of sulfonamides is 1. The first kappa shape index (κ1) is 31.7. The lowest BCUT2D eigenvalue weighted by Gasteiger charge is -2.24. The van der Waals surface area contributed by atoms with E-state index in [4.69, 9.17) is 32.7 Å². The lowest BCUT2D eigenvalue weighted by molar-refractivity contribution is -0.143. The Labute approximate surface area is 274 Å². The molecule has 0 saturated carbocycles. The van der Waals surface area contributed by atoms with E-state index in [1.54, 1.807) is 18.7 Å². The monoisotopic (exact) mass is 687 g/mol. The Kier molecular flexibility index (Phi) is 8.79. The average Bonchev–Trinajstić information content (AvgIpc) is 3.62. The Morgan fingerprint density at radius 1 is 1.22 bits per heavy atom. The molecule has 2 atom stereocenters. The zero-order valence-electron chi connectivity index (χ0n) is 25.1. The molecule has 5 aromatic rings. The van der Waals surface area contributed by atoms with Gasteiger partial charge in [-0.1, -0.05) is 41.4 Å². The number of aromatic nitrogens is 4. The van der Waals surface area contributed by atoms with Gasteiger partial charge in [0, 0.05) is 30.4 Å². The van der Waals surface area contributed by atoms with Crippen LogP contribution in [0, 0.1) is 6.92 Å². The highest BCUT2D eigenvalue weighted by atomic mass is 35.5. The highest BCUT2D eigenvalue weighted by Gasteiger charge is 2.36. The summed E-state index contributed by atoms with van der Waals surface area (Å²) in [6.07, 6.45) is 1.61.